The maximum Gasteiger partial charge on any atom is 0.267 e. The molecule has 1 heterocycles. The summed E-state index contributed by atoms with van der Waals surface area (Å²) in [7, 11) is 1.52. The maximum atomic E-state index is 12.1. The highest BCUT2D eigenvalue weighted by molar-refractivity contribution is 6.32. The Hall–Kier alpha value is -2.19. The zero-order valence-electron chi connectivity index (χ0n) is 11.7. The second kappa shape index (κ2) is 7.00. The number of hydrogen-bond donors (Lipinski definition) is 1. The molecule has 1 aliphatic heterocycles. The van der Waals surface area contributed by atoms with Crippen molar-refractivity contribution in [3.63, 3.8) is 0 Å². The van der Waals surface area contributed by atoms with Gasteiger partial charge in [0.05, 0.1) is 12.1 Å². The number of rotatable bonds is 4. The van der Waals surface area contributed by atoms with E-state index in [0.717, 1.165) is 25.9 Å². The summed E-state index contributed by atoms with van der Waals surface area (Å²) in [6.45, 7) is 1.76. The van der Waals surface area contributed by atoms with Gasteiger partial charge >= 0.3 is 0 Å². The van der Waals surface area contributed by atoms with E-state index in [-0.39, 0.29) is 5.57 Å². The molecule has 1 aromatic rings. The van der Waals surface area contributed by atoms with Gasteiger partial charge in [0.2, 0.25) is 0 Å². The molecule has 0 unspecified atom stereocenters. The fraction of sp³-hybridized carbons (Fsp3) is 0.333. The molecular formula is C15H16ClN3O2. The highest BCUT2D eigenvalue weighted by Gasteiger charge is 2.14. The second-order valence-electron chi connectivity index (χ2n) is 4.70. The van der Waals surface area contributed by atoms with Crippen LogP contribution in [-0.4, -0.2) is 31.0 Å². The van der Waals surface area contributed by atoms with Gasteiger partial charge in [-0.15, -0.1) is 0 Å². The van der Waals surface area contributed by atoms with E-state index in [1.807, 2.05) is 11.0 Å². The van der Waals surface area contributed by atoms with E-state index >= 15 is 0 Å². The van der Waals surface area contributed by atoms with Crippen molar-refractivity contribution < 1.29 is 9.53 Å². The number of hydrogen-bond acceptors (Lipinski definition) is 4. The molecule has 2 rings (SSSR count). The van der Waals surface area contributed by atoms with Gasteiger partial charge in [0.25, 0.3) is 5.91 Å². The molecule has 0 aromatic heterocycles. The molecule has 1 aliphatic rings. The molecule has 0 atom stereocenters. The lowest BCUT2D eigenvalue weighted by Gasteiger charge is -2.12. The van der Waals surface area contributed by atoms with E-state index in [9.17, 15) is 4.79 Å². The van der Waals surface area contributed by atoms with Crippen molar-refractivity contribution >= 4 is 23.2 Å². The first kappa shape index (κ1) is 15.2. The Kier molecular flexibility index (Phi) is 5.07. The molecule has 0 aliphatic carbocycles. The Balaban J connectivity index is 2.09. The number of halogens is 1. The van der Waals surface area contributed by atoms with Gasteiger partial charge in [-0.3, -0.25) is 4.79 Å². The first-order chi connectivity index (χ1) is 10.1. The van der Waals surface area contributed by atoms with Gasteiger partial charge in [0.1, 0.15) is 17.4 Å². The van der Waals surface area contributed by atoms with Gasteiger partial charge < -0.3 is 15.0 Å². The Morgan fingerprint density at radius 2 is 2.19 bits per heavy atom. The van der Waals surface area contributed by atoms with E-state index in [1.165, 1.54) is 7.11 Å². The molecule has 1 fully saturated rings. The van der Waals surface area contributed by atoms with Crippen LogP contribution < -0.4 is 10.1 Å². The van der Waals surface area contributed by atoms with Crippen LogP contribution in [-0.2, 0) is 4.79 Å². The Bertz CT molecular complexity index is 601. The number of ether oxygens (including phenoxy) is 1. The van der Waals surface area contributed by atoms with E-state index in [4.69, 9.17) is 21.6 Å². The predicted molar refractivity (Wildman–Crippen MR) is 81.1 cm³/mol. The highest BCUT2D eigenvalue weighted by Crippen LogP contribution is 2.27. The third-order valence-corrected chi connectivity index (χ3v) is 3.52. The predicted octanol–water partition coefficient (Wildman–Crippen LogP) is 2.79. The summed E-state index contributed by atoms with van der Waals surface area (Å²) in [6.07, 6.45) is 3.79. The Labute approximate surface area is 128 Å². The normalized spacial score (nSPS) is 14.7. The Morgan fingerprint density at radius 3 is 2.76 bits per heavy atom. The van der Waals surface area contributed by atoms with Gasteiger partial charge in [-0.25, -0.2) is 0 Å². The molecule has 1 amide bonds. The number of benzene rings is 1. The molecule has 110 valence electrons. The molecule has 0 spiro atoms. The summed E-state index contributed by atoms with van der Waals surface area (Å²) in [5.74, 6) is 0.0911. The van der Waals surface area contributed by atoms with Crippen LogP contribution in [0.25, 0.3) is 0 Å². The van der Waals surface area contributed by atoms with Gasteiger partial charge in [0.15, 0.2) is 0 Å². The summed E-state index contributed by atoms with van der Waals surface area (Å²) in [6, 6.07) is 6.86. The summed E-state index contributed by atoms with van der Waals surface area (Å²) >= 11 is 6.00. The minimum absolute atomic E-state index is 0.0869. The molecule has 0 saturated carbocycles. The first-order valence-corrected chi connectivity index (χ1v) is 7.02. The minimum atomic E-state index is -0.439. The fourth-order valence-electron chi connectivity index (χ4n) is 2.13. The van der Waals surface area contributed by atoms with Crippen molar-refractivity contribution in [2.24, 2.45) is 0 Å². The van der Waals surface area contributed by atoms with E-state index in [2.05, 4.69) is 5.32 Å². The lowest BCUT2D eigenvalue weighted by atomic mass is 10.2. The van der Waals surface area contributed by atoms with Crippen LogP contribution in [0.15, 0.2) is 30.0 Å². The smallest absolute Gasteiger partial charge is 0.267 e. The standard InChI is InChI=1S/C15H16ClN3O2/c1-21-14-5-4-12(8-13(14)16)18-15(20)11(9-17)10-19-6-2-3-7-19/h4-5,8,10H,2-3,6-7H2,1H3,(H,18,20)/b11-10-. The van der Waals surface area contributed by atoms with Crippen LogP contribution in [0.4, 0.5) is 5.69 Å². The van der Waals surface area contributed by atoms with Gasteiger partial charge in [0, 0.05) is 25.0 Å². The molecule has 1 saturated heterocycles. The molecule has 5 nitrogen and oxygen atoms in total. The maximum absolute atomic E-state index is 12.1. The molecule has 21 heavy (non-hydrogen) atoms. The van der Waals surface area contributed by atoms with Crippen molar-refractivity contribution in [3.05, 3.63) is 35.0 Å². The number of amides is 1. The molecule has 0 bridgehead atoms. The minimum Gasteiger partial charge on any atom is -0.495 e. The SMILES string of the molecule is COc1ccc(NC(=O)/C(C#N)=C\N2CCCC2)cc1Cl. The zero-order chi connectivity index (χ0) is 15.2. The number of anilines is 1. The number of carbonyl (C=O) groups excluding carboxylic acids is 1. The third-order valence-electron chi connectivity index (χ3n) is 3.23. The van der Waals surface area contributed by atoms with E-state index in [0.29, 0.717) is 16.5 Å². The number of nitrogens with one attached hydrogen (secondary N) is 1. The molecular weight excluding hydrogens is 290 g/mol. The summed E-state index contributed by atoms with van der Waals surface area (Å²) in [5, 5.41) is 12.2. The Morgan fingerprint density at radius 1 is 1.48 bits per heavy atom. The summed E-state index contributed by atoms with van der Waals surface area (Å²) < 4.78 is 5.05. The second-order valence-corrected chi connectivity index (χ2v) is 5.11. The van der Waals surface area contributed by atoms with Crippen molar-refractivity contribution in [1.82, 2.24) is 4.90 Å². The van der Waals surface area contributed by atoms with Crippen LogP contribution in [0, 0.1) is 11.3 Å². The highest BCUT2D eigenvalue weighted by atomic mass is 35.5. The van der Waals surface area contributed by atoms with E-state index < -0.39 is 5.91 Å². The van der Waals surface area contributed by atoms with Crippen LogP contribution in [0.1, 0.15) is 12.8 Å². The average molecular weight is 306 g/mol. The van der Waals surface area contributed by atoms with Gasteiger partial charge in [-0.1, -0.05) is 11.6 Å². The van der Waals surface area contributed by atoms with Crippen LogP contribution in [0.3, 0.4) is 0 Å². The molecule has 6 heteroatoms. The number of methoxy groups -OCH3 is 1. The fourth-order valence-corrected chi connectivity index (χ4v) is 2.39. The first-order valence-electron chi connectivity index (χ1n) is 6.65. The van der Waals surface area contributed by atoms with Crippen molar-refractivity contribution in [3.8, 4) is 11.8 Å². The molecule has 1 aromatic carbocycles. The van der Waals surface area contributed by atoms with Crippen molar-refractivity contribution in [2.45, 2.75) is 12.8 Å². The van der Waals surface area contributed by atoms with Crippen LogP contribution >= 0.6 is 11.6 Å². The molecule has 0 radical (unpaired) electrons. The number of likely N-dealkylation sites (tertiary alicyclic amines) is 1. The number of carbonyl (C=O) groups is 1. The topological polar surface area (TPSA) is 65.4 Å². The van der Waals surface area contributed by atoms with Crippen molar-refractivity contribution in [1.29, 1.82) is 5.26 Å². The quantitative estimate of drug-likeness (QED) is 0.686. The van der Waals surface area contributed by atoms with E-state index in [1.54, 1.807) is 24.4 Å². The van der Waals surface area contributed by atoms with Crippen LogP contribution in [0.2, 0.25) is 5.02 Å². The number of nitriles is 1. The summed E-state index contributed by atoms with van der Waals surface area (Å²) in [5.41, 5.74) is 0.609. The summed E-state index contributed by atoms with van der Waals surface area (Å²) in [4.78, 5) is 14.1. The lowest BCUT2D eigenvalue weighted by Crippen LogP contribution is -2.18. The number of nitrogens with zero attached hydrogens (tertiary/aromatic N) is 2. The van der Waals surface area contributed by atoms with Crippen LogP contribution in [0.5, 0.6) is 5.75 Å². The van der Waals surface area contributed by atoms with Crippen molar-refractivity contribution in [2.75, 3.05) is 25.5 Å². The van der Waals surface area contributed by atoms with Gasteiger partial charge in [-0.2, -0.15) is 5.26 Å². The lowest BCUT2D eigenvalue weighted by molar-refractivity contribution is -0.112. The molecule has 1 N–H and O–H groups in total. The van der Waals surface area contributed by atoms with Gasteiger partial charge in [-0.05, 0) is 31.0 Å². The zero-order valence-corrected chi connectivity index (χ0v) is 12.5. The average Bonchev–Trinajstić information content (AvgIpc) is 2.98. The largest absolute Gasteiger partial charge is 0.495 e. The monoisotopic (exact) mass is 305 g/mol. The third kappa shape index (κ3) is 3.89.